The Bertz CT molecular complexity index is 933. The van der Waals surface area contributed by atoms with Crippen LogP contribution in [-0.2, 0) is 4.74 Å². The monoisotopic (exact) mass is 314 g/mol. The molecule has 0 spiro atoms. The molecule has 7 heteroatoms. The molecule has 3 aromatic rings. The summed E-state index contributed by atoms with van der Waals surface area (Å²) in [7, 11) is 1.21. The number of hydrogen-bond donors (Lipinski definition) is 1. The molecule has 0 fully saturated rings. The van der Waals surface area contributed by atoms with Crippen molar-refractivity contribution in [2.75, 3.05) is 7.11 Å². The van der Waals surface area contributed by atoms with E-state index in [0.717, 1.165) is 10.6 Å². The van der Waals surface area contributed by atoms with Crippen LogP contribution in [0.1, 0.15) is 10.4 Å². The quantitative estimate of drug-likeness (QED) is 0.735. The zero-order valence-electron chi connectivity index (χ0n) is 12.0. The van der Waals surface area contributed by atoms with Crippen LogP contribution in [0.2, 0.25) is 0 Å². The second-order valence-electron chi connectivity index (χ2n) is 4.75. The van der Waals surface area contributed by atoms with Gasteiger partial charge in [0.15, 0.2) is 0 Å². The lowest BCUT2D eigenvalue weighted by Gasteiger charge is -2.04. The highest BCUT2D eigenvalue weighted by Gasteiger charge is 2.18. The summed E-state index contributed by atoms with van der Waals surface area (Å²) in [5.41, 5.74) is 1.27. The van der Waals surface area contributed by atoms with Crippen LogP contribution in [0, 0.1) is 5.82 Å². The Morgan fingerprint density at radius 2 is 2.04 bits per heavy atom. The molecule has 6 nitrogen and oxygen atoms in total. The number of carboxylic acid groups (broad SMARTS) is 1. The van der Waals surface area contributed by atoms with E-state index in [9.17, 15) is 19.1 Å². The summed E-state index contributed by atoms with van der Waals surface area (Å²) in [6.45, 7) is 0. The third-order valence-corrected chi connectivity index (χ3v) is 3.45. The maximum atomic E-state index is 14.4. The molecular formula is C16H11FN2O4. The number of esters is 1. The summed E-state index contributed by atoms with van der Waals surface area (Å²) in [5, 5.41) is 9.24. The average molecular weight is 314 g/mol. The number of ether oxygens (including phenoxy) is 1. The number of rotatable bonds is 2. The van der Waals surface area contributed by atoms with Crippen LogP contribution in [-0.4, -0.2) is 33.8 Å². The maximum Gasteiger partial charge on any atom is 0.416 e. The number of fused-ring (bicyclic) bond motifs is 1. The van der Waals surface area contributed by atoms with E-state index in [0.29, 0.717) is 16.6 Å². The molecule has 0 atom stereocenters. The topological polar surface area (TPSA) is 81.4 Å². The van der Waals surface area contributed by atoms with Crippen molar-refractivity contribution in [3.05, 3.63) is 54.1 Å². The molecule has 0 aliphatic heterocycles. The third kappa shape index (κ3) is 2.42. The van der Waals surface area contributed by atoms with Gasteiger partial charge in [0.1, 0.15) is 5.82 Å². The molecule has 3 rings (SSSR count). The van der Waals surface area contributed by atoms with Gasteiger partial charge < -0.3 is 9.84 Å². The molecule has 0 amide bonds. The summed E-state index contributed by atoms with van der Waals surface area (Å²) in [6, 6.07) is 7.05. The second kappa shape index (κ2) is 5.53. The summed E-state index contributed by atoms with van der Waals surface area (Å²) < 4.78 is 19.9. The van der Waals surface area contributed by atoms with Gasteiger partial charge in [0.25, 0.3) is 0 Å². The fraction of sp³-hybridized carbons (Fsp3) is 0.0625. The largest absolute Gasteiger partial charge is 0.465 e. The number of hydrogen-bond acceptors (Lipinski definition) is 4. The van der Waals surface area contributed by atoms with E-state index >= 15 is 0 Å². The molecule has 2 aromatic heterocycles. The Labute approximate surface area is 129 Å². The van der Waals surface area contributed by atoms with Crippen molar-refractivity contribution in [3.63, 3.8) is 0 Å². The number of methoxy groups -OCH3 is 1. The molecular weight excluding hydrogens is 303 g/mol. The number of nitrogens with zero attached hydrogens (tertiary/aromatic N) is 2. The van der Waals surface area contributed by atoms with E-state index in [1.165, 1.54) is 31.6 Å². The van der Waals surface area contributed by atoms with Crippen molar-refractivity contribution >= 4 is 23.1 Å². The summed E-state index contributed by atoms with van der Waals surface area (Å²) in [6.07, 6.45) is 1.61. The second-order valence-corrected chi connectivity index (χ2v) is 4.75. The molecule has 0 radical (unpaired) electrons. The van der Waals surface area contributed by atoms with Crippen molar-refractivity contribution in [1.82, 2.24) is 9.55 Å². The van der Waals surface area contributed by atoms with Gasteiger partial charge in [-0.1, -0.05) is 6.07 Å². The van der Waals surface area contributed by atoms with E-state index in [-0.39, 0.29) is 11.1 Å². The Kier molecular flexibility index (Phi) is 3.53. The van der Waals surface area contributed by atoms with Gasteiger partial charge in [-0.3, -0.25) is 9.55 Å². The van der Waals surface area contributed by atoms with E-state index in [1.54, 1.807) is 12.1 Å². The van der Waals surface area contributed by atoms with Crippen LogP contribution in [0.3, 0.4) is 0 Å². The lowest BCUT2D eigenvalue weighted by molar-refractivity contribution is 0.0600. The van der Waals surface area contributed by atoms with Crippen LogP contribution < -0.4 is 0 Å². The Morgan fingerprint density at radius 3 is 2.70 bits per heavy atom. The first kappa shape index (κ1) is 14.7. The smallest absolute Gasteiger partial charge is 0.416 e. The normalized spacial score (nSPS) is 10.7. The molecule has 23 heavy (non-hydrogen) atoms. The number of pyridine rings is 1. The van der Waals surface area contributed by atoms with Gasteiger partial charge in [-0.25, -0.2) is 14.0 Å². The molecule has 1 aromatic carbocycles. The number of carbonyl (C=O) groups excluding carboxylic acids is 1. The maximum absolute atomic E-state index is 14.4. The Morgan fingerprint density at radius 1 is 1.26 bits per heavy atom. The Hall–Kier alpha value is -3.22. The molecule has 0 aliphatic rings. The summed E-state index contributed by atoms with van der Waals surface area (Å²) in [4.78, 5) is 26.9. The highest BCUT2D eigenvalue weighted by Crippen LogP contribution is 2.31. The van der Waals surface area contributed by atoms with Crippen LogP contribution in [0.25, 0.3) is 22.2 Å². The van der Waals surface area contributed by atoms with E-state index < -0.39 is 17.9 Å². The highest BCUT2D eigenvalue weighted by molar-refractivity contribution is 5.98. The van der Waals surface area contributed by atoms with Crippen molar-refractivity contribution < 1.29 is 23.8 Å². The van der Waals surface area contributed by atoms with Crippen LogP contribution in [0.5, 0.6) is 0 Å². The molecule has 0 saturated carbocycles. The number of carbonyl (C=O) groups is 2. The van der Waals surface area contributed by atoms with E-state index in [1.807, 2.05) is 0 Å². The molecule has 2 heterocycles. The molecule has 0 unspecified atom stereocenters. The predicted molar refractivity (Wildman–Crippen MR) is 79.9 cm³/mol. The lowest BCUT2D eigenvalue weighted by atomic mass is 10.0. The summed E-state index contributed by atoms with van der Waals surface area (Å²) in [5.74, 6) is -1.32. The fourth-order valence-electron chi connectivity index (χ4n) is 2.39. The van der Waals surface area contributed by atoms with Crippen LogP contribution in [0.15, 0.2) is 42.7 Å². The minimum Gasteiger partial charge on any atom is -0.465 e. The van der Waals surface area contributed by atoms with Gasteiger partial charge >= 0.3 is 12.1 Å². The zero-order chi connectivity index (χ0) is 16.6. The van der Waals surface area contributed by atoms with Gasteiger partial charge in [-0.05, 0) is 24.3 Å². The molecule has 116 valence electrons. The molecule has 0 aliphatic carbocycles. The zero-order valence-corrected chi connectivity index (χ0v) is 12.0. The van der Waals surface area contributed by atoms with Crippen molar-refractivity contribution in [3.8, 4) is 11.1 Å². The fourth-order valence-corrected chi connectivity index (χ4v) is 2.39. The van der Waals surface area contributed by atoms with E-state index in [4.69, 9.17) is 0 Å². The van der Waals surface area contributed by atoms with Gasteiger partial charge in [0.2, 0.25) is 0 Å². The first-order valence-corrected chi connectivity index (χ1v) is 6.60. The first-order valence-electron chi connectivity index (χ1n) is 6.60. The molecule has 0 bridgehead atoms. The highest BCUT2D eigenvalue weighted by atomic mass is 19.1. The number of halogens is 1. The minimum atomic E-state index is -1.19. The van der Waals surface area contributed by atoms with Crippen LogP contribution in [0.4, 0.5) is 9.18 Å². The Balaban J connectivity index is 2.21. The summed E-state index contributed by atoms with van der Waals surface area (Å²) >= 11 is 0. The van der Waals surface area contributed by atoms with Crippen LogP contribution >= 0.6 is 0 Å². The minimum absolute atomic E-state index is 0.0729. The standard InChI is InChI=1S/C16H11FN2O4/c1-23-15(20)9-4-5-10(12(17)7-9)11-8-19(16(21)22)13-3-2-6-18-14(11)13/h2-8H,1H3,(H,21,22). The average Bonchev–Trinajstić information content (AvgIpc) is 2.94. The van der Waals surface area contributed by atoms with Gasteiger partial charge in [0.05, 0.1) is 23.7 Å². The van der Waals surface area contributed by atoms with Gasteiger partial charge in [-0.15, -0.1) is 0 Å². The van der Waals surface area contributed by atoms with Gasteiger partial charge in [0, 0.05) is 23.5 Å². The first-order chi connectivity index (χ1) is 11.0. The van der Waals surface area contributed by atoms with Crippen molar-refractivity contribution in [2.45, 2.75) is 0 Å². The number of benzene rings is 1. The lowest BCUT2D eigenvalue weighted by Crippen LogP contribution is -2.05. The molecule has 1 N–H and O–H groups in total. The molecule has 0 saturated heterocycles. The van der Waals surface area contributed by atoms with E-state index in [2.05, 4.69) is 9.72 Å². The third-order valence-electron chi connectivity index (χ3n) is 3.45. The predicted octanol–water partition coefficient (Wildman–Crippen LogP) is 3.16. The van der Waals surface area contributed by atoms with Gasteiger partial charge in [-0.2, -0.15) is 0 Å². The SMILES string of the molecule is COC(=O)c1ccc(-c2cn(C(=O)O)c3cccnc23)c(F)c1. The number of aromatic nitrogens is 2. The van der Waals surface area contributed by atoms with Crippen molar-refractivity contribution in [2.24, 2.45) is 0 Å². The van der Waals surface area contributed by atoms with Crippen molar-refractivity contribution in [1.29, 1.82) is 0 Å².